The second-order valence-electron chi connectivity index (χ2n) is 5.44. The number of thiophene rings is 1. The van der Waals surface area contributed by atoms with E-state index in [0.717, 1.165) is 11.4 Å². The molecule has 0 saturated carbocycles. The van der Waals surface area contributed by atoms with Crippen LogP contribution in [-0.2, 0) is 17.9 Å². The normalized spacial score (nSPS) is 11.1. The second-order valence-corrected chi connectivity index (χ2v) is 6.47. The summed E-state index contributed by atoms with van der Waals surface area (Å²) in [5, 5.41) is 6.36. The Hall–Kier alpha value is -1.82. The van der Waals surface area contributed by atoms with Crippen LogP contribution in [-0.4, -0.2) is 26.6 Å². The fraction of sp³-hybridized carbons (Fsp3) is 0.467. The summed E-state index contributed by atoms with van der Waals surface area (Å²) in [6, 6.07) is 4.20. The number of nitrogens with two attached hydrogens (primary N) is 1. The van der Waals surface area contributed by atoms with Gasteiger partial charge in [-0.25, -0.2) is 0 Å². The molecule has 2 rings (SSSR count). The van der Waals surface area contributed by atoms with E-state index in [-0.39, 0.29) is 18.5 Å². The average Bonchev–Trinajstić information content (AvgIpc) is 3.01. The van der Waals surface area contributed by atoms with Crippen LogP contribution in [0, 0.1) is 13.8 Å². The fourth-order valence-electron chi connectivity index (χ4n) is 2.21. The molecule has 0 saturated heterocycles. The van der Waals surface area contributed by atoms with E-state index in [1.54, 1.807) is 16.0 Å². The summed E-state index contributed by atoms with van der Waals surface area (Å²) < 4.78 is 1.69. The largest absolute Gasteiger partial charge is 0.396 e. The topological polar surface area (TPSA) is 64.2 Å². The highest BCUT2D eigenvalue weighted by atomic mass is 32.1. The number of hydrogen-bond acceptors (Lipinski definition) is 4. The van der Waals surface area contributed by atoms with E-state index in [4.69, 9.17) is 5.73 Å². The van der Waals surface area contributed by atoms with Gasteiger partial charge < -0.3 is 10.6 Å². The van der Waals surface area contributed by atoms with Gasteiger partial charge in [0.2, 0.25) is 5.91 Å². The van der Waals surface area contributed by atoms with E-state index in [1.807, 2.05) is 44.0 Å². The number of nitrogens with zero attached hydrogens (tertiary/aromatic N) is 3. The first-order valence-electron chi connectivity index (χ1n) is 7.01. The van der Waals surface area contributed by atoms with Crippen molar-refractivity contribution < 1.29 is 4.79 Å². The molecule has 2 aromatic heterocycles. The lowest BCUT2D eigenvalue weighted by atomic mass is 10.3. The van der Waals surface area contributed by atoms with Crippen LogP contribution in [0.3, 0.4) is 0 Å². The van der Waals surface area contributed by atoms with Gasteiger partial charge in [-0.15, -0.1) is 11.3 Å². The number of nitrogen functional groups attached to an aromatic ring is 1. The Labute approximate surface area is 129 Å². The monoisotopic (exact) mass is 306 g/mol. The summed E-state index contributed by atoms with van der Waals surface area (Å²) in [7, 11) is 0. The molecule has 0 aliphatic carbocycles. The number of rotatable bonds is 5. The summed E-state index contributed by atoms with van der Waals surface area (Å²) >= 11 is 1.67. The first-order chi connectivity index (χ1) is 9.90. The molecule has 0 aliphatic heterocycles. The first-order valence-corrected chi connectivity index (χ1v) is 7.89. The van der Waals surface area contributed by atoms with Crippen LogP contribution in [0.4, 0.5) is 5.69 Å². The van der Waals surface area contributed by atoms with E-state index in [2.05, 4.69) is 11.2 Å². The highest BCUT2D eigenvalue weighted by Crippen LogP contribution is 2.17. The average molecular weight is 306 g/mol. The number of carbonyl (C=O) groups excluding carboxylic acids is 1. The van der Waals surface area contributed by atoms with Gasteiger partial charge >= 0.3 is 0 Å². The van der Waals surface area contributed by atoms with Crippen LogP contribution >= 0.6 is 11.3 Å². The van der Waals surface area contributed by atoms with Gasteiger partial charge in [0.05, 0.1) is 23.6 Å². The van der Waals surface area contributed by atoms with Crippen molar-refractivity contribution in [2.24, 2.45) is 0 Å². The van der Waals surface area contributed by atoms with E-state index >= 15 is 0 Å². The molecule has 2 heterocycles. The van der Waals surface area contributed by atoms with Crippen LogP contribution in [0.15, 0.2) is 17.5 Å². The van der Waals surface area contributed by atoms with Gasteiger partial charge in [-0.05, 0) is 39.1 Å². The zero-order valence-electron chi connectivity index (χ0n) is 13.0. The predicted octanol–water partition coefficient (Wildman–Crippen LogP) is 2.58. The van der Waals surface area contributed by atoms with E-state index < -0.39 is 0 Å². The van der Waals surface area contributed by atoms with Gasteiger partial charge in [0, 0.05) is 10.9 Å². The van der Waals surface area contributed by atoms with Crippen LogP contribution in [0.5, 0.6) is 0 Å². The van der Waals surface area contributed by atoms with Crippen LogP contribution in [0.25, 0.3) is 0 Å². The Morgan fingerprint density at radius 3 is 2.67 bits per heavy atom. The van der Waals surface area contributed by atoms with Crippen molar-refractivity contribution in [2.75, 3.05) is 5.73 Å². The number of aryl methyl sites for hydroxylation is 1. The van der Waals surface area contributed by atoms with Gasteiger partial charge in [0.25, 0.3) is 0 Å². The third kappa shape index (κ3) is 3.44. The minimum Gasteiger partial charge on any atom is -0.396 e. The molecule has 0 bridgehead atoms. The van der Waals surface area contributed by atoms with E-state index in [9.17, 15) is 4.79 Å². The van der Waals surface area contributed by atoms with Crippen LogP contribution < -0.4 is 5.73 Å². The summed E-state index contributed by atoms with van der Waals surface area (Å²) in [6.07, 6.45) is 0. The zero-order chi connectivity index (χ0) is 15.6. The van der Waals surface area contributed by atoms with Gasteiger partial charge in [-0.3, -0.25) is 9.48 Å². The quantitative estimate of drug-likeness (QED) is 0.923. The van der Waals surface area contributed by atoms with Crippen LogP contribution in [0.2, 0.25) is 0 Å². The molecule has 0 aliphatic rings. The molecule has 0 atom stereocenters. The molecule has 0 spiro atoms. The maximum atomic E-state index is 12.6. The van der Waals surface area contributed by atoms with Gasteiger partial charge in [0.1, 0.15) is 6.54 Å². The number of amides is 1. The molecule has 2 N–H and O–H groups in total. The third-order valence-electron chi connectivity index (χ3n) is 3.57. The minimum atomic E-state index is 0.0593. The molecular weight excluding hydrogens is 284 g/mol. The van der Waals surface area contributed by atoms with Crippen molar-refractivity contribution in [1.82, 2.24) is 14.7 Å². The van der Waals surface area contributed by atoms with E-state index in [1.165, 1.54) is 4.88 Å². The lowest BCUT2D eigenvalue weighted by molar-refractivity contribution is -0.134. The third-order valence-corrected chi connectivity index (χ3v) is 4.43. The molecule has 5 nitrogen and oxygen atoms in total. The zero-order valence-corrected chi connectivity index (χ0v) is 13.8. The standard InChI is InChI=1S/C15H22N4OS/c1-10(2)18(8-13-6-5-7-21-13)14(20)9-19-12(4)15(16)11(3)17-19/h5-7,10H,8-9,16H2,1-4H3. The predicted molar refractivity (Wildman–Crippen MR) is 86.1 cm³/mol. The Morgan fingerprint density at radius 1 is 1.48 bits per heavy atom. The number of aromatic nitrogens is 2. The molecule has 0 radical (unpaired) electrons. The Morgan fingerprint density at radius 2 is 2.19 bits per heavy atom. The smallest absolute Gasteiger partial charge is 0.244 e. The molecule has 114 valence electrons. The van der Waals surface area contributed by atoms with Crippen molar-refractivity contribution in [1.29, 1.82) is 0 Å². The Balaban J connectivity index is 2.13. The van der Waals surface area contributed by atoms with Crippen molar-refractivity contribution in [3.05, 3.63) is 33.8 Å². The minimum absolute atomic E-state index is 0.0593. The maximum absolute atomic E-state index is 12.6. The number of carbonyl (C=O) groups is 1. The van der Waals surface area contributed by atoms with Crippen molar-refractivity contribution >= 4 is 22.9 Å². The van der Waals surface area contributed by atoms with Crippen molar-refractivity contribution in [3.63, 3.8) is 0 Å². The fourth-order valence-corrected chi connectivity index (χ4v) is 2.92. The molecule has 21 heavy (non-hydrogen) atoms. The van der Waals surface area contributed by atoms with Crippen molar-refractivity contribution in [3.8, 4) is 0 Å². The molecule has 0 aromatic carbocycles. The lowest BCUT2D eigenvalue weighted by Gasteiger charge is -2.26. The number of anilines is 1. The van der Waals surface area contributed by atoms with Gasteiger partial charge in [-0.1, -0.05) is 6.07 Å². The molecule has 6 heteroatoms. The first kappa shape index (κ1) is 15.6. The van der Waals surface area contributed by atoms with E-state index in [0.29, 0.717) is 12.2 Å². The summed E-state index contributed by atoms with van der Waals surface area (Å²) in [5.41, 5.74) is 8.20. The maximum Gasteiger partial charge on any atom is 0.244 e. The Kier molecular flexibility index (Phi) is 4.67. The SMILES string of the molecule is Cc1nn(CC(=O)N(Cc2cccs2)C(C)C)c(C)c1N. The number of hydrogen-bond donors (Lipinski definition) is 1. The summed E-state index contributed by atoms with van der Waals surface area (Å²) in [4.78, 5) is 15.6. The molecule has 2 aromatic rings. The molecular formula is C15H22N4OS. The van der Waals surface area contributed by atoms with Crippen LogP contribution in [0.1, 0.15) is 30.1 Å². The summed E-state index contributed by atoms with van der Waals surface area (Å²) in [6.45, 7) is 8.68. The van der Waals surface area contributed by atoms with Gasteiger partial charge in [0.15, 0.2) is 0 Å². The molecule has 0 unspecified atom stereocenters. The lowest BCUT2D eigenvalue weighted by Crippen LogP contribution is -2.38. The highest BCUT2D eigenvalue weighted by Gasteiger charge is 2.20. The molecule has 0 fully saturated rings. The molecule has 1 amide bonds. The van der Waals surface area contributed by atoms with Gasteiger partial charge in [-0.2, -0.15) is 5.10 Å². The summed E-state index contributed by atoms with van der Waals surface area (Å²) in [5.74, 6) is 0.0593. The highest BCUT2D eigenvalue weighted by molar-refractivity contribution is 7.09. The second kappa shape index (κ2) is 6.30. The van der Waals surface area contributed by atoms with Crippen molar-refractivity contribution in [2.45, 2.75) is 46.8 Å². The Bertz CT molecular complexity index is 616.